The summed E-state index contributed by atoms with van der Waals surface area (Å²) in [6, 6.07) is 6.42. The van der Waals surface area contributed by atoms with E-state index >= 15 is 0 Å². The van der Waals surface area contributed by atoms with E-state index in [1.807, 2.05) is 0 Å². The third-order valence-electron chi connectivity index (χ3n) is 2.83. The molecule has 7 nitrogen and oxygen atoms in total. The van der Waals surface area contributed by atoms with Crippen LogP contribution in [0.15, 0.2) is 34.9 Å². The van der Waals surface area contributed by atoms with Gasteiger partial charge in [-0.15, -0.1) is 0 Å². The van der Waals surface area contributed by atoms with Crippen molar-refractivity contribution in [3.05, 3.63) is 47.3 Å². The molecule has 0 radical (unpaired) electrons. The maximum absolute atomic E-state index is 11.9. The molecule has 3 N–H and O–H groups in total. The summed E-state index contributed by atoms with van der Waals surface area (Å²) in [5.41, 5.74) is 1.21. The van der Waals surface area contributed by atoms with Crippen molar-refractivity contribution in [2.45, 2.75) is 19.4 Å². The number of carboxylic acids is 1. The number of nitrogens with zero attached hydrogens (tertiary/aromatic N) is 1. The molecule has 21 heavy (non-hydrogen) atoms. The predicted molar refractivity (Wildman–Crippen MR) is 71.9 cm³/mol. The molecule has 2 rings (SSSR count). The first-order valence-electron chi connectivity index (χ1n) is 6.20. The molecule has 0 aliphatic heterocycles. The molecule has 1 heterocycles. The molecular formula is C14H14N2O5. The van der Waals surface area contributed by atoms with Crippen molar-refractivity contribution >= 4 is 11.9 Å². The second-order valence-electron chi connectivity index (χ2n) is 4.57. The highest BCUT2D eigenvalue weighted by Crippen LogP contribution is 2.12. The Morgan fingerprint density at radius 2 is 2.00 bits per heavy atom. The number of aromatic nitrogens is 1. The number of hydrogen-bond acceptors (Lipinski definition) is 5. The Hall–Kier alpha value is -2.83. The van der Waals surface area contributed by atoms with Gasteiger partial charge in [-0.25, -0.2) is 4.79 Å². The molecule has 0 spiro atoms. The third-order valence-corrected chi connectivity index (χ3v) is 2.83. The van der Waals surface area contributed by atoms with Gasteiger partial charge in [0.2, 0.25) is 5.76 Å². The zero-order valence-corrected chi connectivity index (χ0v) is 11.2. The highest BCUT2D eigenvalue weighted by atomic mass is 16.5. The van der Waals surface area contributed by atoms with Crippen LogP contribution in [0.3, 0.4) is 0 Å². The van der Waals surface area contributed by atoms with Crippen molar-refractivity contribution in [3.63, 3.8) is 0 Å². The zero-order chi connectivity index (χ0) is 15.4. The molecule has 110 valence electrons. The average molecular weight is 290 g/mol. The van der Waals surface area contributed by atoms with E-state index in [1.54, 1.807) is 19.1 Å². The van der Waals surface area contributed by atoms with Crippen molar-refractivity contribution in [2.24, 2.45) is 0 Å². The van der Waals surface area contributed by atoms with Gasteiger partial charge in [0.05, 0.1) is 5.69 Å². The first kappa shape index (κ1) is 14.6. The van der Waals surface area contributed by atoms with E-state index in [2.05, 4.69) is 10.5 Å². The van der Waals surface area contributed by atoms with E-state index in [4.69, 9.17) is 4.52 Å². The number of benzene rings is 1. The van der Waals surface area contributed by atoms with Crippen LogP contribution in [0.2, 0.25) is 0 Å². The molecule has 0 bridgehead atoms. The van der Waals surface area contributed by atoms with Gasteiger partial charge in [0.25, 0.3) is 5.91 Å². The molecule has 0 unspecified atom stereocenters. The van der Waals surface area contributed by atoms with Crippen molar-refractivity contribution in [1.29, 1.82) is 0 Å². The van der Waals surface area contributed by atoms with Gasteiger partial charge in [0, 0.05) is 12.5 Å². The normalized spacial score (nSPS) is 11.9. The molecular weight excluding hydrogens is 276 g/mol. The number of aryl methyl sites for hydroxylation is 1. The average Bonchev–Trinajstić information content (AvgIpc) is 2.87. The molecule has 0 saturated carbocycles. The summed E-state index contributed by atoms with van der Waals surface area (Å²) in [6.45, 7) is 1.66. The molecule has 1 aromatic carbocycles. The van der Waals surface area contributed by atoms with Gasteiger partial charge < -0.3 is 20.1 Å². The van der Waals surface area contributed by atoms with E-state index in [0.717, 1.165) is 0 Å². The van der Waals surface area contributed by atoms with Gasteiger partial charge in [0.1, 0.15) is 11.8 Å². The monoisotopic (exact) mass is 290 g/mol. The number of carbonyl (C=O) groups excluding carboxylic acids is 1. The lowest BCUT2D eigenvalue weighted by Gasteiger charge is -2.13. The fraction of sp³-hybridized carbons (Fsp3) is 0.214. The lowest BCUT2D eigenvalue weighted by Crippen LogP contribution is -2.42. The van der Waals surface area contributed by atoms with Crippen LogP contribution in [0, 0.1) is 6.92 Å². The minimum Gasteiger partial charge on any atom is -0.508 e. The molecule has 2 aromatic rings. The standard InChI is InChI=1S/C14H14N2O5/c1-8-6-12(21-16-8)13(18)15-11(14(19)20)7-9-2-4-10(17)5-3-9/h2-6,11,17H,7H2,1H3,(H,15,18)(H,19,20)/t11-/m0/s1. The Bertz CT molecular complexity index is 648. The molecule has 0 aliphatic rings. The largest absolute Gasteiger partial charge is 0.508 e. The van der Waals surface area contributed by atoms with Crippen LogP contribution in [0.25, 0.3) is 0 Å². The van der Waals surface area contributed by atoms with Crippen LogP contribution >= 0.6 is 0 Å². The van der Waals surface area contributed by atoms with Crippen molar-refractivity contribution in [3.8, 4) is 5.75 Å². The number of carbonyl (C=O) groups is 2. The Kier molecular flexibility index (Phi) is 4.22. The molecule has 0 fully saturated rings. The van der Waals surface area contributed by atoms with E-state index in [9.17, 15) is 19.8 Å². The number of carboxylic acid groups (broad SMARTS) is 1. The molecule has 0 saturated heterocycles. The number of phenolic OH excluding ortho intramolecular Hbond substituents is 1. The first-order chi connectivity index (χ1) is 9.95. The lowest BCUT2D eigenvalue weighted by molar-refractivity contribution is -0.139. The summed E-state index contributed by atoms with van der Waals surface area (Å²) in [5.74, 6) is -1.74. The SMILES string of the molecule is Cc1cc(C(=O)N[C@@H](Cc2ccc(O)cc2)C(=O)O)on1. The van der Waals surface area contributed by atoms with Gasteiger partial charge in [-0.1, -0.05) is 17.3 Å². The minimum atomic E-state index is -1.16. The van der Waals surface area contributed by atoms with E-state index in [1.165, 1.54) is 18.2 Å². The first-order valence-corrected chi connectivity index (χ1v) is 6.20. The van der Waals surface area contributed by atoms with E-state index < -0.39 is 17.9 Å². The van der Waals surface area contributed by atoms with E-state index in [0.29, 0.717) is 11.3 Å². The molecule has 1 atom stereocenters. The maximum Gasteiger partial charge on any atom is 0.326 e. The maximum atomic E-state index is 11.9. The smallest absolute Gasteiger partial charge is 0.326 e. The van der Waals surface area contributed by atoms with Gasteiger partial charge >= 0.3 is 5.97 Å². The quantitative estimate of drug-likeness (QED) is 0.760. The number of hydrogen-bond donors (Lipinski definition) is 3. The van der Waals surface area contributed by atoms with Crippen molar-refractivity contribution in [2.75, 3.05) is 0 Å². The Balaban J connectivity index is 2.07. The fourth-order valence-corrected chi connectivity index (χ4v) is 1.77. The Labute approximate surface area is 120 Å². The van der Waals surface area contributed by atoms with Crippen LogP contribution in [-0.2, 0) is 11.2 Å². The minimum absolute atomic E-state index is 0.0375. The van der Waals surface area contributed by atoms with Gasteiger partial charge in [-0.3, -0.25) is 4.79 Å². The van der Waals surface area contributed by atoms with Crippen LogP contribution in [0.4, 0.5) is 0 Å². The third kappa shape index (κ3) is 3.82. The van der Waals surface area contributed by atoms with Crippen molar-refractivity contribution < 1.29 is 24.3 Å². The topological polar surface area (TPSA) is 113 Å². The number of phenols is 1. The summed E-state index contributed by atoms with van der Waals surface area (Å²) < 4.78 is 4.78. The Morgan fingerprint density at radius 3 is 2.52 bits per heavy atom. The van der Waals surface area contributed by atoms with E-state index in [-0.39, 0.29) is 17.9 Å². The van der Waals surface area contributed by atoms with Crippen LogP contribution in [0.1, 0.15) is 21.8 Å². The molecule has 7 heteroatoms. The summed E-state index contributed by atoms with van der Waals surface area (Å²) >= 11 is 0. The van der Waals surface area contributed by atoms with Gasteiger partial charge in [-0.2, -0.15) is 0 Å². The fourth-order valence-electron chi connectivity index (χ4n) is 1.77. The summed E-state index contributed by atoms with van der Waals surface area (Å²) in [7, 11) is 0. The van der Waals surface area contributed by atoms with Crippen LogP contribution in [0.5, 0.6) is 5.75 Å². The molecule has 1 amide bonds. The number of aromatic hydroxyl groups is 1. The molecule has 1 aromatic heterocycles. The van der Waals surface area contributed by atoms with Gasteiger partial charge in [-0.05, 0) is 24.6 Å². The highest BCUT2D eigenvalue weighted by molar-refractivity contribution is 5.94. The van der Waals surface area contributed by atoms with Crippen LogP contribution < -0.4 is 5.32 Å². The second kappa shape index (κ2) is 6.08. The highest BCUT2D eigenvalue weighted by Gasteiger charge is 2.23. The predicted octanol–water partition coefficient (Wildman–Crippen LogP) is 1.11. The zero-order valence-electron chi connectivity index (χ0n) is 11.2. The lowest BCUT2D eigenvalue weighted by atomic mass is 10.1. The van der Waals surface area contributed by atoms with Crippen LogP contribution in [-0.4, -0.2) is 33.3 Å². The summed E-state index contributed by atoms with van der Waals surface area (Å²) in [4.78, 5) is 23.1. The number of amides is 1. The van der Waals surface area contributed by atoms with Crippen molar-refractivity contribution in [1.82, 2.24) is 10.5 Å². The number of nitrogens with one attached hydrogen (secondary N) is 1. The Morgan fingerprint density at radius 1 is 1.33 bits per heavy atom. The van der Waals surface area contributed by atoms with Gasteiger partial charge in [0.15, 0.2) is 0 Å². The number of rotatable bonds is 5. The second-order valence-corrected chi connectivity index (χ2v) is 4.57. The summed E-state index contributed by atoms with van der Waals surface area (Å²) in [5, 5.41) is 24.3. The summed E-state index contributed by atoms with van der Waals surface area (Å²) in [6.07, 6.45) is 0.0917. The molecule has 0 aliphatic carbocycles. The number of aliphatic carboxylic acids is 1.